The number of carboxylic acids is 1. The number of rotatable bonds is 5. The molecular weight excluding hydrogens is 282 g/mol. The van der Waals surface area contributed by atoms with Crippen LogP contribution in [-0.2, 0) is 11.2 Å². The van der Waals surface area contributed by atoms with E-state index in [2.05, 4.69) is 4.98 Å². The molecule has 2 N–H and O–H groups in total. The van der Waals surface area contributed by atoms with E-state index in [4.69, 9.17) is 5.11 Å². The Morgan fingerprint density at radius 2 is 2.11 bits per heavy atom. The molecule has 1 saturated carbocycles. The fraction of sp³-hybridized carbons (Fsp3) is 0.692. The number of aromatic nitrogens is 1. The number of nitrogens with zero attached hydrogens (tertiary/aromatic N) is 1. The van der Waals surface area contributed by atoms with Gasteiger partial charge in [-0.2, -0.15) is 0 Å². The van der Waals surface area contributed by atoms with Gasteiger partial charge in [0.2, 0.25) is 0 Å². The molecule has 0 aromatic carbocycles. The number of thiazole rings is 1. The number of aliphatic carboxylic acids is 1. The van der Waals surface area contributed by atoms with Gasteiger partial charge in [0.05, 0.1) is 17.7 Å². The first-order chi connectivity index (χ1) is 8.98. The molecule has 1 aliphatic carbocycles. The zero-order valence-corrected chi connectivity index (χ0v) is 12.6. The number of carbonyl (C=O) groups is 1. The molecule has 106 valence electrons. The summed E-state index contributed by atoms with van der Waals surface area (Å²) in [5.41, 5.74) is 0.237. The molecule has 4 nitrogen and oxygen atoms in total. The van der Waals surface area contributed by atoms with Gasteiger partial charge in [-0.25, -0.2) is 4.98 Å². The van der Waals surface area contributed by atoms with Gasteiger partial charge in [-0.05, 0) is 19.8 Å². The maximum atomic E-state index is 10.7. The molecule has 1 aliphatic rings. The van der Waals surface area contributed by atoms with Crippen LogP contribution in [0.3, 0.4) is 0 Å². The van der Waals surface area contributed by atoms with Crippen molar-refractivity contribution in [1.29, 1.82) is 0 Å². The smallest absolute Gasteiger partial charge is 0.308 e. The Kier molecular flexibility index (Phi) is 4.86. The largest absolute Gasteiger partial charge is 0.481 e. The van der Waals surface area contributed by atoms with Crippen molar-refractivity contribution in [3.05, 3.63) is 10.6 Å². The zero-order chi connectivity index (χ0) is 13.9. The van der Waals surface area contributed by atoms with E-state index >= 15 is 0 Å². The minimum atomic E-state index is -0.825. The van der Waals surface area contributed by atoms with Gasteiger partial charge in [-0.1, -0.05) is 31.0 Å². The number of aryl methyl sites for hydroxylation is 1. The fourth-order valence-corrected chi connectivity index (χ4v) is 4.69. The Hall–Kier alpha value is -0.590. The molecule has 0 amide bonds. The summed E-state index contributed by atoms with van der Waals surface area (Å²) in [4.78, 5) is 15.9. The molecule has 0 bridgehead atoms. The molecule has 1 aromatic heterocycles. The van der Waals surface area contributed by atoms with E-state index in [0.717, 1.165) is 40.6 Å². The standard InChI is InChI=1S/C13H19NO3S2/c1-9-10(7-11(15)16)19-12(14-9)18-8-13(17)5-3-2-4-6-13/h17H,2-8H2,1H3,(H,15,16). The summed E-state index contributed by atoms with van der Waals surface area (Å²) in [6.45, 7) is 1.84. The lowest BCUT2D eigenvalue weighted by molar-refractivity contribution is -0.136. The molecule has 1 heterocycles. The van der Waals surface area contributed by atoms with Crippen LogP contribution in [0.2, 0.25) is 0 Å². The quantitative estimate of drug-likeness (QED) is 0.818. The van der Waals surface area contributed by atoms with Crippen molar-refractivity contribution in [3.63, 3.8) is 0 Å². The number of hydrogen-bond acceptors (Lipinski definition) is 5. The SMILES string of the molecule is Cc1nc(SCC2(O)CCCCC2)sc1CC(=O)O. The van der Waals surface area contributed by atoms with Crippen molar-refractivity contribution in [1.82, 2.24) is 4.98 Å². The Bertz CT molecular complexity index is 453. The van der Waals surface area contributed by atoms with Gasteiger partial charge in [0.15, 0.2) is 0 Å². The molecule has 1 fully saturated rings. The Labute approximate surface area is 121 Å². The van der Waals surface area contributed by atoms with E-state index in [-0.39, 0.29) is 6.42 Å². The summed E-state index contributed by atoms with van der Waals surface area (Å²) >= 11 is 2.99. The van der Waals surface area contributed by atoms with E-state index < -0.39 is 11.6 Å². The van der Waals surface area contributed by atoms with Crippen molar-refractivity contribution in [2.45, 2.75) is 55.4 Å². The van der Waals surface area contributed by atoms with Crippen molar-refractivity contribution in [2.24, 2.45) is 0 Å². The molecule has 2 rings (SSSR count). The third-order valence-electron chi connectivity index (χ3n) is 3.43. The number of thioether (sulfide) groups is 1. The topological polar surface area (TPSA) is 70.4 Å². The van der Waals surface area contributed by atoms with E-state index in [1.165, 1.54) is 17.8 Å². The van der Waals surface area contributed by atoms with Gasteiger partial charge in [-0.15, -0.1) is 11.3 Å². The van der Waals surface area contributed by atoms with Gasteiger partial charge in [0.25, 0.3) is 0 Å². The lowest BCUT2D eigenvalue weighted by atomic mass is 9.86. The predicted molar refractivity (Wildman–Crippen MR) is 76.9 cm³/mol. The van der Waals surface area contributed by atoms with E-state index in [1.807, 2.05) is 6.92 Å². The lowest BCUT2D eigenvalue weighted by Gasteiger charge is -2.31. The highest BCUT2D eigenvalue weighted by Gasteiger charge is 2.29. The summed E-state index contributed by atoms with van der Waals surface area (Å²) in [6, 6.07) is 0. The van der Waals surface area contributed by atoms with Crippen LogP contribution in [-0.4, -0.2) is 32.5 Å². The zero-order valence-electron chi connectivity index (χ0n) is 11.0. The minimum Gasteiger partial charge on any atom is -0.481 e. The highest BCUT2D eigenvalue weighted by Crippen LogP contribution is 2.35. The van der Waals surface area contributed by atoms with Crippen LogP contribution < -0.4 is 0 Å². The Balaban J connectivity index is 1.94. The molecule has 0 saturated heterocycles. The summed E-state index contributed by atoms with van der Waals surface area (Å²) < 4.78 is 0.868. The highest BCUT2D eigenvalue weighted by atomic mass is 32.2. The number of hydrogen-bond donors (Lipinski definition) is 2. The fourth-order valence-electron chi connectivity index (χ4n) is 2.31. The second-order valence-corrected chi connectivity index (χ2v) is 7.44. The molecule has 0 aliphatic heterocycles. The molecule has 0 atom stereocenters. The summed E-state index contributed by atoms with van der Waals surface area (Å²) in [5.74, 6) is -0.166. The Morgan fingerprint density at radius 1 is 1.42 bits per heavy atom. The van der Waals surface area contributed by atoms with Crippen LogP contribution in [0.15, 0.2) is 4.34 Å². The highest BCUT2D eigenvalue weighted by molar-refractivity contribution is 8.01. The van der Waals surface area contributed by atoms with Crippen LogP contribution in [0.4, 0.5) is 0 Å². The molecule has 19 heavy (non-hydrogen) atoms. The first-order valence-electron chi connectivity index (χ1n) is 6.52. The normalized spacial score (nSPS) is 18.4. The predicted octanol–water partition coefficient (Wildman–Crippen LogP) is 2.87. The van der Waals surface area contributed by atoms with E-state index in [0.29, 0.717) is 5.75 Å². The van der Waals surface area contributed by atoms with Crippen LogP contribution in [0.1, 0.15) is 42.7 Å². The average molecular weight is 301 g/mol. The molecular formula is C13H19NO3S2. The summed E-state index contributed by atoms with van der Waals surface area (Å²) in [6.07, 6.45) is 5.18. The number of aliphatic hydroxyl groups is 1. The third-order valence-corrected chi connectivity index (χ3v) is 6.01. The van der Waals surface area contributed by atoms with E-state index in [1.54, 1.807) is 11.8 Å². The van der Waals surface area contributed by atoms with Gasteiger partial charge in [0, 0.05) is 10.6 Å². The first-order valence-corrected chi connectivity index (χ1v) is 8.32. The van der Waals surface area contributed by atoms with Crippen LogP contribution in [0.25, 0.3) is 0 Å². The molecule has 0 spiro atoms. The van der Waals surface area contributed by atoms with Crippen molar-refractivity contribution in [3.8, 4) is 0 Å². The number of carboxylic acid groups (broad SMARTS) is 1. The van der Waals surface area contributed by atoms with Crippen molar-refractivity contribution < 1.29 is 15.0 Å². The second kappa shape index (κ2) is 6.24. The molecule has 6 heteroatoms. The van der Waals surface area contributed by atoms with Gasteiger partial charge in [-0.3, -0.25) is 4.79 Å². The molecule has 1 aromatic rings. The van der Waals surface area contributed by atoms with Gasteiger partial charge < -0.3 is 10.2 Å². The Morgan fingerprint density at radius 3 is 2.74 bits per heavy atom. The van der Waals surface area contributed by atoms with Crippen molar-refractivity contribution in [2.75, 3.05) is 5.75 Å². The van der Waals surface area contributed by atoms with Gasteiger partial charge >= 0.3 is 5.97 Å². The third kappa shape index (κ3) is 4.19. The summed E-state index contributed by atoms with van der Waals surface area (Å²) in [7, 11) is 0. The maximum absolute atomic E-state index is 10.7. The monoisotopic (exact) mass is 301 g/mol. The van der Waals surface area contributed by atoms with Crippen LogP contribution in [0, 0.1) is 6.92 Å². The maximum Gasteiger partial charge on any atom is 0.308 e. The van der Waals surface area contributed by atoms with Crippen molar-refractivity contribution >= 4 is 29.1 Å². The van der Waals surface area contributed by atoms with Gasteiger partial charge in [0.1, 0.15) is 4.34 Å². The second-order valence-electron chi connectivity index (χ2n) is 5.13. The first kappa shape index (κ1) is 14.8. The van der Waals surface area contributed by atoms with Crippen LogP contribution in [0.5, 0.6) is 0 Å². The minimum absolute atomic E-state index is 0.0360. The van der Waals surface area contributed by atoms with Crippen LogP contribution >= 0.6 is 23.1 Å². The lowest BCUT2D eigenvalue weighted by Crippen LogP contribution is -2.33. The molecule has 0 unspecified atom stereocenters. The molecule has 0 radical (unpaired) electrons. The summed E-state index contributed by atoms with van der Waals surface area (Å²) in [5, 5.41) is 19.2. The average Bonchev–Trinajstić information content (AvgIpc) is 2.68. The van der Waals surface area contributed by atoms with E-state index in [9.17, 15) is 9.90 Å².